The Bertz CT molecular complexity index is 593. The molecule has 0 bridgehead atoms. The smallest absolute Gasteiger partial charge is 0.0422 e. The van der Waals surface area contributed by atoms with Crippen LogP contribution >= 0.6 is 15.9 Å². The maximum atomic E-state index is 3.79. The first-order valence-electron chi connectivity index (χ1n) is 7.68. The zero-order valence-electron chi connectivity index (χ0n) is 12.0. The highest BCUT2D eigenvalue weighted by Crippen LogP contribution is 2.32. The van der Waals surface area contributed by atoms with E-state index in [0.717, 1.165) is 5.92 Å². The fourth-order valence-corrected chi connectivity index (χ4v) is 3.72. The second kappa shape index (κ2) is 6.17. The van der Waals surface area contributed by atoms with Crippen molar-refractivity contribution >= 4 is 32.4 Å². The molecule has 0 aliphatic heterocycles. The molecule has 2 aromatic carbocycles. The van der Waals surface area contributed by atoms with E-state index in [9.17, 15) is 0 Å². The van der Waals surface area contributed by atoms with Gasteiger partial charge in [0.2, 0.25) is 0 Å². The van der Waals surface area contributed by atoms with E-state index >= 15 is 0 Å². The molecule has 1 aliphatic rings. The van der Waals surface area contributed by atoms with Gasteiger partial charge in [-0.1, -0.05) is 60.0 Å². The van der Waals surface area contributed by atoms with Crippen LogP contribution in [0, 0.1) is 5.92 Å². The van der Waals surface area contributed by atoms with Crippen molar-refractivity contribution in [3.8, 4) is 0 Å². The molecule has 2 heteroatoms. The van der Waals surface area contributed by atoms with Gasteiger partial charge in [-0.2, -0.15) is 0 Å². The van der Waals surface area contributed by atoms with Crippen LogP contribution in [-0.4, -0.2) is 6.04 Å². The van der Waals surface area contributed by atoms with Crippen LogP contribution in [0.1, 0.15) is 39.0 Å². The lowest BCUT2D eigenvalue weighted by molar-refractivity contribution is 0.502. The van der Waals surface area contributed by atoms with E-state index in [0.29, 0.717) is 6.04 Å². The summed E-state index contributed by atoms with van der Waals surface area (Å²) >= 11 is 3.65. The van der Waals surface area contributed by atoms with Gasteiger partial charge >= 0.3 is 0 Å². The van der Waals surface area contributed by atoms with Crippen molar-refractivity contribution in [3.63, 3.8) is 0 Å². The number of anilines is 1. The Kier molecular flexibility index (Phi) is 4.30. The molecule has 3 rings (SSSR count). The topological polar surface area (TPSA) is 12.0 Å². The highest BCUT2D eigenvalue weighted by Gasteiger charge is 2.16. The van der Waals surface area contributed by atoms with Gasteiger partial charge in [0.05, 0.1) is 0 Å². The molecule has 2 aromatic rings. The average molecular weight is 332 g/mol. The van der Waals surface area contributed by atoms with Crippen LogP contribution in [0.5, 0.6) is 0 Å². The maximum Gasteiger partial charge on any atom is 0.0422 e. The summed E-state index contributed by atoms with van der Waals surface area (Å²) in [6.45, 7) is 2.39. The summed E-state index contributed by atoms with van der Waals surface area (Å²) in [5.41, 5.74) is 1.28. The Balaban J connectivity index is 1.85. The van der Waals surface area contributed by atoms with Crippen molar-refractivity contribution in [1.29, 1.82) is 0 Å². The van der Waals surface area contributed by atoms with Crippen LogP contribution in [0.15, 0.2) is 40.9 Å². The summed E-state index contributed by atoms with van der Waals surface area (Å²) in [6, 6.07) is 13.6. The minimum absolute atomic E-state index is 0.629. The molecular weight excluding hydrogens is 310 g/mol. The third-order valence-electron chi connectivity index (χ3n) is 4.49. The molecule has 0 saturated heterocycles. The van der Waals surface area contributed by atoms with Crippen LogP contribution in [0.25, 0.3) is 10.8 Å². The number of rotatable bonds is 2. The lowest BCUT2D eigenvalue weighted by Crippen LogP contribution is -2.18. The molecular formula is C18H22BrN. The molecule has 1 saturated carbocycles. The number of hydrogen-bond donors (Lipinski definition) is 1. The minimum Gasteiger partial charge on any atom is -0.382 e. The second-order valence-electron chi connectivity index (χ2n) is 6.10. The van der Waals surface area contributed by atoms with Crippen LogP contribution in [0.2, 0.25) is 0 Å². The SMILES string of the molecule is CC1CCCC(Nc2ccc(Br)c3ccccc23)CC1. The molecule has 2 unspecified atom stereocenters. The first-order chi connectivity index (χ1) is 9.74. The van der Waals surface area contributed by atoms with E-state index in [2.05, 4.69) is 64.6 Å². The Morgan fingerprint density at radius 2 is 1.75 bits per heavy atom. The zero-order valence-corrected chi connectivity index (χ0v) is 13.6. The minimum atomic E-state index is 0.629. The molecule has 1 fully saturated rings. The van der Waals surface area contributed by atoms with Crippen molar-refractivity contribution < 1.29 is 0 Å². The van der Waals surface area contributed by atoms with E-state index in [1.165, 1.54) is 53.0 Å². The zero-order chi connectivity index (χ0) is 13.9. The van der Waals surface area contributed by atoms with Gasteiger partial charge in [-0.05, 0) is 42.7 Å². The number of fused-ring (bicyclic) bond motifs is 1. The summed E-state index contributed by atoms with van der Waals surface area (Å²) in [4.78, 5) is 0. The van der Waals surface area contributed by atoms with E-state index in [4.69, 9.17) is 0 Å². The van der Waals surface area contributed by atoms with E-state index in [1.54, 1.807) is 0 Å². The summed E-state index contributed by atoms with van der Waals surface area (Å²) in [7, 11) is 0. The third-order valence-corrected chi connectivity index (χ3v) is 5.18. The summed E-state index contributed by atoms with van der Waals surface area (Å²) in [5.74, 6) is 0.892. The van der Waals surface area contributed by atoms with Gasteiger partial charge in [0.1, 0.15) is 0 Å². The Labute approximate surface area is 129 Å². The van der Waals surface area contributed by atoms with Gasteiger partial charge in [-0.15, -0.1) is 0 Å². The number of hydrogen-bond acceptors (Lipinski definition) is 1. The summed E-state index contributed by atoms with van der Waals surface area (Å²) in [6.07, 6.45) is 6.69. The van der Waals surface area contributed by atoms with Crippen LogP contribution < -0.4 is 5.32 Å². The maximum absolute atomic E-state index is 3.79. The van der Waals surface area contributed by atoms with Crippen molar-refractivity contribution in [1.82, 2.24) is 0 Å². The van der Waals surface area contributed by atoms with E-state index < -0.39 is 0 Å². The monoisotopic (exact) mass is 331 g/mol. The number of benzene rings is 2. The molecule has 20 heavy (non-hydrogen) atoms. The Hall–Kier alpha value is -1.02. The molecule has 0 aromatic heterocycles. The predicted octanol–water partition coefficient (Wildman–Crippen LogP) is 5.98. The third kappa shape index (κ3) is 3.01. The van der Waals surface area contributed by atoms with Crippen molar-refractivity contribution in [2.24, 2.45) is 5.92 Å². The molecule has 0 radical (unpaired) electrons. The molecule has 0 heterocycles. The fraction of sp³-hybridized carbons (Fsp3) is 0.444. The van der Waals surface area contributed by atoms with Crippen molar-refractivity contribution in [3.05, 3.63) is 40.9 Å². The largest absolute Gasteiger partial charge is 0.382 e. The van der Waals surface area contributed by atoms with E-state index in [1.807, 2.05) is 0 Å². The van der Waals surface area contributed by atoms with Crippen molar-refractivity contribution in [2.45, 2.75) is 45.1 Å². The van der Waals surface area contributed by atoms with Gasteiger partial charge in [0.25, 0.3) is 0 Å². The van der Waals surface area contributed by atoms with Crippen LogP contribution in [0.3, 0.4) is 0 Å². The summed E-state index contributed by atoms with van der Waals surface area (Å²) in [5, 5.41) is 6.40. The van der Waals surface area contributed by atoms with Crippen molar-refractivity contribution in [2.75, 3.05) is 5.32 Å². The molecule has 1 nitrogen and oxygen atoms in total. The van der Waals surface area contributed by atoms with Crippen LogP contribution in [0.4, 0.5) is 5.69 Å². The highest BCUT2D eigenvalue weighted by atomic mass is 79.9. The van der Waals surface area contributed by atoms with Gasteiger partial charge in [0.15, 0.2) is 0 Å². The van der Waals surface area contributed by atoms with E-state index in [-0.39, 0.29) is 0 Å². The predicted molar refractivity (Wildman–Crippen MR) is 91.3 cm³/mol. The average Bonchev–Trinajstić information content (AvgIpc) is 2.67. The van der Waals surface area contributed by atoms with Gasteiger partial charge in [-0.25, -0.2) is 0 Å². The Morgan fingerprint density at radius 3 is 2.60 bits per heavy atom. The standard InChI is InChI=1S/C18H22BrN/c1-13-5-4-6-14(10-9-13)20-18-12-11-17(19)15-7-2-3-8-16(15)18/h2-3,7-8,11-14,20H,4-6,9-10H2,1H3. The first-order valence-corrected chi connectivity index (χ1v) is 8.47. The molecule has 0 amide bonds. The lowest BCUT2D eigenvalue weighted by Gasteiger charge is -2.19. The highest BCUT2D eigenvalue weighted by molar-refractivity contribution is 9.10. The normalized spacial score (nSPS) is 23.5. The molecule has 106 valence electrons. The molecule has 1 aliphatic carbocycles. The van der Waals surface area contributed by atoms with Gasteiger partial charge in [-0.3, -0.25) is 0 Å². The molecule has 2 atom stereocenters. The van der Waals surface area contributed by atoms with Crippen LogP contribution in [-0.2, 0) is 0 Å². The molecule has 1 N–H and O–H groups in total. The molecule has 0 spiro atoms. The summed E-state index contributed by atoms with van der Waals surface area (Å²) < 4.78 is 1.17. The van der Waals surface area contributed by atoms with Gasteiger partial charge < -0.3 is 5.32 Å². The Morgan fingerprint density at radius 1 is 0.950 bits per heavy atom. The number of nitrogens with one attached hydrogen (secondary N) is 1. The second-order valence-corrected chi connectivity index (χ2v) is 6.95. The fourth-order valence-electron chi connectivity index (χ4n) is 3.24. The first kappa shape index (κ1) is 13.9. The van der Waals surface area contributed by atoms with Gasteiger partial charge in [0, 0.05) is 21.6 Å². The quantitative estimate of drug-likeness (QED) is 0.667. The lowest BCUT2D eigenvalue weighted by atomic mass is 10.0. The number of halogens is 1.